The molecule has 1 aliphatic heterocycles. The standard InChI is InChI=1S/C9H18N2O.C2H6/c1-11(2)7-3-4-8-5-6-10-9(8)12;1-2/h8H,3-7H2,1-2H3,(H,10,12);1-2H3. The van der Waals surface area contributed by atoms with Crippen LogP contribution in [0.5, 0.6) is 0 Å². The Labute approximate surface area is 87.9 Å². The molecule has 1 atom stereocenters. The van der Waals surface area contributed by atoms with Crippen LogP contribution in [0.25, 0.3) is 0 Å². The van der Waals surface area contributed by atoms with E-state index in [4.69, 9.17) is 0 Å². The van der Waals surface area contributed by atoms with E-state index in [9.17, 15) is 4.79 Å². The van der Waals surface area contributed by atoms with E-state index in [1.807, 2.05) is 13.8 Å². The maximum Gasteiger partial charge on any atom is 0.223 e. The van der Waals surface area contributed by atoms with Crippen LogP contribution in [0.4, 0.5) is 0 Å². The number of amides is 1. The smallest absolute Gasteiger partial charge is 0.223 e. The molecule has 84 valence electrons. The van der Waals surface area contributed by atoms with Gasteiger partial charge in [0.05, 0.1) is 0 Å². The van der Waals surface area contributed by atoms with Crippen LogP contribution in [0.2, 0.25) is 0 Å². The molecule has 0 bridgehead atoms. The lowest BCUT2D eigenvalue weighted by molar-refractivity contribution is -0.122. The van der Waals surface area contributed by atoms with Crippen LogP contribution in [-0.4, -0.2) is 38.0 Å². The van der Waals surface area contributed by atoms with Crippen molar-refractivity contribution in [2.45, 2.75) is 33.1 Å². The van der Waals surface area contributed by atoms with E-state index in [0.717, 1.165) is 32.4 Å². The first kappa shape index (κ1) is 13.4. The number of rotatable bonds is 4. The highest BCUT2D eigenvalue weighted by Gasteiger charge is 2.22. The zero-order valence-electron chi connectivity index (χ0n) is 9.97. The number of nitrogens with zero attached hydrogens (tertiary/aromatic N) is 1. The lowest BCUT2D eigenvalue weighted by atomic mass is 10.0. The molecule has 0 aromatic heterocycles. The molecule has 3 nitrogen and oxygen atoms in total. The molecule has 1 aliphatic rings. The molecule has 0 saturated carbocycles. The van der Waals surface area contributed by atoms with Crippen molar-refractivity contribution in [3.63, 3.8) is 0 Å². The molecule has 1 unspecified atom stereocenters. The van der Waals surface area contributed by atoms with Crippen LogP contribution in [-0.2, 0) is 4.79 Å². The van der Waals surface area contributed by atoms with Crippen LogP contribution < -0.4 is 5.32 Å². The Bertz CT molecular complexity index is 157. The fourth-order valence-electron chi connectivity index (χ4n) is 1.57. The first-order valence-corrected chi connectivity index (χ1v) is 5.62. The largest absolute Gasteiger partial charge is 0.356 e. The molecular weight excluding hydrogens is 176 g/mol. The van der Waals surface area contributed by atoms with Gasteiger partial charge in [0, 0.05) is 12.5 Å². The average Bonchev–Trinajstić information content (AvgIpc) is 2.55. The topological polar surface area (TPSA) is 32.3 Å². The van der Waals surface area contributed by atoms with E-state index in [0.29, 0.717) is 5.92 Å². The number of hydrogen-bond donors (Lipinski definition) is 1. The zero-order chi connectivity index (χ0) is 11.0. The Balaban J connectivity index is 0.000000791. The third-order valence-electron chi connectivity index (χ3n) is 2.32. The number of hydrogen-bond acceptors (Lipinski definition) is 2. The van der Waals surface area contributed by atoms with Gasteiger partial charge in [-0.25, -0.2) is 0 Å². The minimum absolute atomic E-state index is 0.258. The van der Waals surface area contributed by atoms with Crippen LogP contribution in [0.3, 0.4) is 0 Å². The number of carbonyl (C=O) groups excluding carboxylic acids is 1. The monoisotopic (exact) mass is 200 g/mol. The van der Waals surface area contributed by atoms with Gasteiger partial charge in [-0.1, -0.05) is 13.8 Å². The van der Waals surface area contributed by atoms with E-state index in [1.54, 1.807) is 0 Å². The van der Waals surface area contributed by atoms with Gasteiger partial charge in [-0.3, -0.25) is 4.79 Å². The second-order valence-electron chi connectivity index (χ2n) is 3.72. The summed E-state index contributed by atoms with van der Waals surface area (Å²) in [5.41, 5.74) is 0. The molecule has 1 N–H and O–H groups in total. The van der Waals surface area contributed by atoms with Gasteiger partial charge in [0.15, 0.2) is 0 Å². The van der Waals surface area contributed by atoms with Crippen LogP contribution in [0.1, 0.15) is 33.1 Å². The van der Waals surface area contributed by atoms with Crippen LogP contribution >= 0.6 is 0 Å². The summed E-state index contributed by atoms with van der Waals surface area (Å²) in [6.45, 7) is 5.97. The van der Waals surface area contributed by atoms with Crippen molar-refractivity contribution < 1.29 is 4.79 Å². The van der Waals surface area contributed by atoms with Crippen molar-refractivity contribution in [2.75, 3.05) is 27.2 Å². The summed E-state index contributed by atoms with van der Waals surface area (Å²) in [6.07, 6.45) is 3.21. The Morgan fingerprint density at radius 2 is 2.07 bits per heavy atom. The Morgan fingerprint density at radius 3 is 2.50 bits per heavy atom. The van der Waals surface area contributed by atoms with Crippen LogP contribution in [0, 0.1) is 5.92 Å². The number of carbonyl (C=O) groups is 1. The van der Waals surface area contributed by atoms with Crippen molar-refractivity contribution in [2.24, 2.45) is 5.92 Å². The second-order valence-corrected chi connectivity index (χ2v) is 3.72. The van der Waals surface area contributed by atoms with Gasteiger partial charge in [0.2, 0.25) is 5.91 Å². The molecule has 0 aliphatic carbocycles. The van der Waals surface area contributed by atoms with Gasteiger partial charge in [-0.15, -0.1) is 0 Å². The SMILES string of the molecule is CC.CN(C)CCCC1CCNC1=O. The first-order chi connectivity index (χ1) is 6.70. The summed E-state index contributed by atoms with van der Waals surface area (Å²) < 4.78 is 0. The predicted octanol–water partition coefficient (Wildman–Crippen LogP) is 1.49. The van der Waals surface area contributed by atoms with Crippen molar-refractivity contribution in [3.8, 4) is 0 Å². The second kappa shape index (κ2) is 7.80. The molecule has 0 radical (unpaired) electrons. The van der Waals surface area contributed by atoms with Crippen LogP contribution in [0.15, 0.2) is 0 Å². The fourth-order valence-corrected chi connectivity index (χ4v) is 1.57. The summed E-state index contributed by atoms with van der Waals surface area (Å²) in [4.78, 5) is 13.3. The normalized spacial score (nSPS) is 20.4. The Morgan fingerprint density at radius 1 is 1.43 bits per heavy atom. The van der Waals surface area contributed by atoms with Gasteiger partial charge >= 0.3 is 0 Å². The van der Waals surface area contributed by atoms with Crippen molar-refractivity contribution >= 4 is 5.91 Å². The van der Waals surface area contributed by atoms with E-state index in [-0.39, 0.29) is 5.91 Å². The molecule has 3 heteroatoms. The Hall–Kier alpha value is -0.570. The summed E-state index contributed by atoms with van der Waals surface area (Å²) >= 11 is 0. The van der Waals surface area contributed by atoms with E-state index < -0.39 is 0 Å². The minimum atomic E-state index is 0.258. The molecule has 1 saturated heterocycles. The molecule has 1 rings (SSSR count). The zero-order valence-corrected chi connectivity index (χ0v) is 9.97. The van der Waals surface area contributed by atoms with Crippen molar-refractivity contribution in [1.82, 2.24) is 10.2 Å². The van der Waals surface area contributed by atoms with E-state index >= 15 is 0 Å². The molecule has 1 fully saturated rings. The molecule has 1 heterocycles. The van der Waals surface area contributed by atoms with Gasteiger partial charge in [-0.2, -0.15) is 0 Å². The van der Waals surface area contributed by atoms with E-state index in [2.05, 4.69) is 24.3 Å². The van der Waals surface area contributed by atoms with Gasteiger partial charge in [0.25, 0.3) is 0 Å². The van der Waals surface area contributed by atoms with Crippen molar-refractivity contribution in [3.05, 3.63) is 0 Å². The van der Waals surface area contributed by atoms with Crippen molar-refractivity contribution in [1.29, 1.82) is 0 Å². The molecule has 0 aromatic carbocycles. The third kappa shape index (κ3) is 5.22. The predicted molar refractivity (Wildman–Crippen MR) is 60.3 cm³/mol. The highest BCUT2D eigenvalue weighted by molar-refractivity contribution is 5.80. The van der Waals surface area contributed by atoms with Gasteiger partial charge < -0.3 is 10.2 Å². The minimum Gasteiger partial charge on any atom is -0.356 e. The number of nitrogens with one attached hydrogen (secondary N) is 1. The fraction of sp³-hybridized carbons (Fsp3) is 0.909. The molecule has 14 heavy (non-hydrogen) atoms. The first-order valence-electron chi connectivity index (χ1n) is 5.62. The highest BCUT2D eigenvalue weighted by Crippen LogP contribution is 2.15. The summed E-state index contributed by atoms with van der Waals surface area (Å²) in [5.74, 6) is 0.554. The van der Waals surface area contributed by atoms with E-state index in [1.165, 1.54) is 0 Å². The summed E-state index contributed by atoms with van der Waals surface area (Å²) in [6, 6.07) is 0. The lowest BCUT2D eigenvalue weighted by Gasteiger charge is -2.10. The Kier molecular flexibility index (Phi) is 7.48. The highest BCUT2D eigenvalue weighted by atomic mass is 16.2. The lowest BCUT2D eigenvalue weighted by Crippen LogP contribution is -2.20. The average molecular weight is 200 g/mol. The maximum atomic E-state index is 11.1. The third-order valence-corrected chi connectivity index (χ3v) is 2.32. The van der Waals surface area contributed by atoms with Gasteiger partial charge in [-0.05, 0) is 39.9 Å². The molecule has 0 spiro atoms. The van der Waals surface area contributed by atoms with Gasteiger partial charge in [0.1, 0.15) is 0 Å². The molecule has 1 amide bonds. The summed E-state index contributed by atoms with van der Waals surface area (Å²) in [5, 5.41) is 2.86. The molecular formula is C11H24N2O. The maximum absolute atomic E-state index is 11.1. The molecule has 0 aromatic rings. The quantitative estimate of drug-likeness (QED) is 0.745. The summed E-state index contributed by atoms with van der Waals surface area (Å²) in [7, 11) is 4.13.